The number of nitrogens with zero attached hydrogens (tertiary/aromatic N) is 2. The van der Waals surface area contributed by atoms with Gasteiger partial charge in [0.25, 0.3) is 10.0 Å². The lowest BCUT2D eigenvalue weighted by Crippen LogP contribution is -2.43. The van der Waals surface area contributed by atoms with Crippen LogP contribution in [0, 0.1) is 12.8 Å². The van der Waals surface area contributed by atoms with Gasteiger partial charge >= 0.3 is 0 Å². The fraction of sp³-hybridized carbons (Fsp3) is 0.300. The van der Waals surface area contributed by atoms with E-state index in [-0.39, 0.29) is 16.7 Å². The second kappa shape index (κ2) is 7.33. The zero-order valence-electron chi connectivity index (χ0n) is 15.4. The third kappa shape index (κ3) is 3.58. The number of piperidine rings is 1. The Morgan fingerprint density at radius 2 is 2.04 bits per heavy atom. The van der Waals surface area contributed by atoms with Crippen LogP contribution in [-0.4, -0.2) is 38.2 Å². The number of carbonyl (C=O) groups is 1. The van der Waals surface area contributed by atoms with Gasteiger partial charge in [-0.1, -0.05) is 18.2 Å². The monoisotopic (exact) mass is 461 g/mol. The number of benzene rings is 2. The number of anilines is 1. The highest BCUT2D eigenvalue weighted by Gasteiger charge is 2.35. The summed E-state index contributed by atoms with van der Waals surface area (Å²) in [6, 6.07) is 12.6. The molecule has 2 aliphatic heterocycles. The zero-order valence-corrected chi connectivity index (χ0v) is 17.8. The molecule has 0 radical (unpaired) electrons. The number of fused-ring (bicyclic) bond motifs is 1. The first-order valence-electron chi connectivity index (χ1n) is 9.11. The Morgan fingerprint density at radius 1 is 1.25 bits per heavy atom. The number of rotatable bonds is 2. The van der Waals surface area contributed by atoms with Crippen molar-refractivity contribution < 1.29 is 13.2 Å². The Hall–Kier alpha value is -2.19. The first kappa shape index (κ1) is 19.1. The second-order valence-electron chi connectivity index (χ2n) is 7.14. The summed E-state index contributed by atoms with van der Waals surface area (Å²) in [5.74, 6) is 0.147. The summed E-state index contributed by atoms with van der Waals surface area (Å²) >= 11 is 3.48. The van der Waals surface area contributed by atoms with E-state index in [9.17, 15) is 13.2 Å². The summed E-state index contributed by atoms with van der Waals surface area (Å²) in [5.41, 5.74) is 2.46. The minimum absolute atomic E-state index is 0.0657. The van der Waals surface area contributed by atoms with Crippen molar-refractivity contribution >= 4 is 43.4 Å². The third-order valence-electron chi connectivity index (χ3n) is 5.09. The predicted molar refractivity (Wildman–Crippen MR) is 112 cm³/mol. The maximum atomic E-state index is 12.8. The molecule has 2 heterocycles. The number of hydrogen-bond donors (Lipinski definition) is 1. The van der Waals surface area contributed by atoms with Crippen molar-refractivity contribution in [2.45, 2.75) is 24.7 Å². The maximum absolute atomic E-state index is 12.8. The van der Waals surface area contributed by atoms with Crippen molar-refractivity contribution in [3.05, 3.63) is 58.1 Å². The number of aryl methyl sites for hydroxylation is 1. The van der Waals surface area contributed by atoms with E-state index < -0.39 is 10.0 Å². The van der Waals surface area contributed by atoms with Crippen LogP contribution in [0.2, 0.25) is 0 Å². The standard InChI is InChI=1S/C20H20BrN3O3S/c1-13-8-9-17(16(21)11-13)22-20(25)14-5-4-10-24(12-14)19-15-6-2-3-7-18(15)28(26,27)23-19/h2-3,6-9,11,14H,4-5,10,12H2,1H3,(H,22,25). The lowest BCUT2D eigenvalue weighted by Gasteiger charge is -2.33. The van der Waals surface area contributed by atoms with Gasteiger partial charge in [-0.05, 0) is 65.5 Å². The van der Waals surface area contributed by atoms with Crippen molar-refractivity contribution in [3.8, 4) is 0 Å². The molecule has 2 aliphatic rings. The van der Waals surface area contributed by atoms with Gasteiger partial charge in [0.15, 0.2) is 5.84 Å². The molecule has 1 amide bonds. The molecule has 4 rings (SSSR count). The number of nitrogens with one attached hydrogen (secondary N) is 1. The van der Waals surface area contributed by atoms with E-state index in [1.165, 1.54) is 0 Å². The van der Waals surface area contributed by atoms with Crippen LogP contribution in [0.5, 0.6) is 0 Å². The summed E-state index contributed by atoms with van der Waals surface area (Å²) < 4.78 is 29.5. The number of likely N-dealkylation sites (tertiary alicyclic amines) is 1. The Morgan fingerprint density at radius 3 is 2.82 bits per heavy atom. The topological polar surface area (TPSA) is 78.8 Å². The minimum Gasteiger partial charge on any atom is -0.355 e. The van der Waals surface area contributed by atoms with Crippen LogP contribution in [0.4, 0.5) is 5.69 Å². The molecule has 146 valence electrons. The number of sulfonamides is 1. The van der Waals surface area contributed by atoms with E-state index in [1.54, 1.807) is 24.3 Å². The lowest BCUT2D eigenvalue weighted by molar-refractivity contribution is -0.121. The van der Waals surface area contributed by atoms with Gasteiger partial charge in [-0.25, -0.2) is 0 Å². The molecular formula is C20H20BrN3O3S. The second-order valence-corrected chi connectivity index (χ2v) is 9.57. The first-order chi connectivity index (χ1) is 13.3. The van der Waals surface area contributed by atoms with Crippen LogP contribution in [-0.2, 0) is 14.8 Å². The number of amidine groups is 1. The SMILES string of the molecule is Cc1ccc(NC(=O)C2CCCN(C3=NS(=O)(=O)c4ccccc43)C2)c(Br)c1. The summed E-state index contributed by atoms with van der Waals surface area (Å²) in [4.78, 5) is 15.0. The van der Waals surface area contributed by atoms with E-state index in [2.05, 4.69) is 25.6 Å². The maximum Gasteiger partial charge on any atom is 0.285 e. The van der Waals surface area contributed by atoms with Crippen molar-refractivity contribution in [2.75, 3.05) is 18.4 Å². The molecule has 0 saturated carbocycles. The van der Waals surface area contributed by atoms with Gasteiger partial charge in [-0.15, -0.1) is 4.40 Å². The number of hydrogen-bond acceptors (Lipinski definition) is 4. The van der Waals surface area contributed by atoms with Gasteiger partial charge in [-0.3, -0.25) is 4.79 Å². The summed E-state index contributed by atoms with van der Waals surface area (Å²) in [7, 11) is -3.66. The number of amides is 1. The normalized spacial score (nSPS) is 20.4. The molecule has 0 aliphatic carbocycles. The molecule has 1 unspecified atom stereocenters. The first-order valence-corrected chi connectivity index (χ1v) is 11.3. The third-order valence-corrected chi connectivity index (χ3v) is 7.07. The molecule has 1 atom stereocenters. The van der Waals surface area contributed by atoms with Gasteiger partial charge in [0, 0.05) is 23.1 Å². The van der Waals surface area contributed by atoms with Crippen molar-refractivity contribution in [1.29, 1.82) is 0 Å². The van der Waals surface area contributed by atoms with Crippen LogP contribution in [0.15, 0.2) is 56.2 Å². The summed E-state index contributed by atoms with van der Waals surface area (Å²) in [6.45, 7) is 3.11. The molecule has 2 aromatic carbocycles. The molecule has 0 aromatic heterocycles. The summed E-state index contributed by atoms with van der Waals surface area (Å²) in [6.07, 6.45) is 1.56. The molecule has 6 nitrogen and oxygen atoms in total. The van der Waals surface area contributed by atoms with E-state index >= 15 is 0 Å². The Bertz CT molecular complexity index is 1080. The van der Waals surface area contributed by atoms with Crippen molar-refractivity contribution in [2.24, 2.45) is 10.3 Å². The average molecular weight is 462 g/mol. The fourth-order valence-corrected chi connectivity index (χ4v) is 5.48. The van der Waals surface area contributed by atoms with Crippen LogP contribution < -0.4 is 5.32 Å². The number of carbonyl (C=O) groups excluding carboxylic acids is 1. The molecule has 1 fully saturated rings. The van der Waals surface area contributed by atoms with Gasteiger partial charge in [0.05, 0.1) is 11.6 Å². The molecule has 1 N–H and O–H groups in total. The van der Waals surface area contributed by atoms with Crippen molar-refractivity contribution in [3.63, 3.8) is 0 Å². The predicted octanol–water partition coefficient (Wildman–Crippen LogP) is 3.56. The van der Waals surface area contributed by atoms with E-state index in [1.807, 2.05) is 30.0 Å². The molecule has 8 heteroatoms. The van der Waals surface area contributed by atoms with Gasteiger partial charge < -0.3 is 10.2 Å². The van der Waals surface area contributed by atoms with Crippen LogP contribution >= 0.6 is 15.9 Å². The zero-order chi connectivity index (χ0) is 19.9. The molecule has 0 bridgehead atoms. The molecular weight excluding hydrogens is 442 g/mol. The fourth-order valence-electron chi connectivity index (χ4n) is 3.66. The van der Waals surface area contributed by atoms with Crippen LogP contribution in [0.1, 0.15) is 24.0 Å². The molecule has 1 saturated heterocycles. The van der Waals surface area contributed by atoms with E-state index in [0.717, 1.165) is 28.6 Å². The van der Waals surface area contributed by atoms with Crippen LogP contribution in [0.25, 0.3) is 0 Å². The highest BCUT2D eigenvalue weighted by molar-refractivity contribution is 9.10. The Kier molecular flexibility index (Phi) is 5.01. The highest BCUT2D eigenvalue weighted by atomic mass is 79.9. The van der Waals surface area contributed by atoms with E-state index in [4.69, 9.17) is 0 Å². The smallest absolute Gasteiger partial charge is 0.285 e. The Labute approximate surface area is 172 Å². The highest BCUT2D eigenvalue weighted by Crippen LogP contribution is 2.30. The minimum atomic E-state index is -3.66. The van der Waals surface area contributed by atoms with Gasteiger partial charge in [0.2, 0.25) is 5.91 Å². The molecule has 2 aromatic rings. The lowest BCUT2D eigenvalue weighted by atomic mass is 9.96. The van der Waals surface area contributed by atoms with Crippen molar-refractivity contribution in [1.82, 2.24) is 4.90 Å². The number of halogens is 1. The largest absolute Gasteiger partial charge is 0.355 e. The van der Waals surface area contributed by atoms with Crippen LogP contribution in [0.3, 0.4) is 0 Å². The van der Waals surface area contributed by atoms with E-state index in [0.29, 0.717) is 24.5 Å². The Balaban J connectivity index is 1.53. The molecule has 28 heavy (non-hydrogen) atoms. The van der Waals surface area contributed by atoms with Gasteiger partial charge in [-0.2, -0.15) is 8.42 Å². The summed E-state index contributed by atoms with van der Waals surface area (Å²) in [5, 5.41) is 2.98. The van der Waals surface area contributed by atoms with Gasteiger partial charge in [0.1, 0.15) is 4.90 Å². The molecule has 0 spiro atoms. The quantitative estimate of drug-likeness (QED) is 0.741. The average Bonchev–Trinajstić information content (AvgIpc) is 2.96.